The third-order valence-corrected chi connectivity index (χ3v) is 4.99. The lowest BCUT2D eigenvalue weighted by Gasteiger charge is -2.17. The van der Waals surface area contributed by atoms with Crippen molar-refractivity contribution in [2.24, 2.45) is 0 Å². The molecular formula is C22H25N5O. The highest BCUT2D eigenvalue weighted by Crippen LogP contribution is 2.37. The Morgan fingerprint density at radius 1 is 1.18 bits per heavy atom. The molecule has 0 bridgehead atoms. The summed E-state index contributed by atoms with van der Waals surface area (Å²) in [6.45, 7) is 5.88. The summed E-state index contributed by atoms with van der Waals surface area (Å²) in [4.78, 5) is 21.2. The number of aromatic nitrogens is 2. The van der Waals surface area contributed by atoms with E-state index in [4.69, 9.17) is 0 Å². The molecule has 0 saturated carbocycles. The lowest BCUT2D eigenvalue weighted by atomic mass is 9.87. The first kappa shape index (κ1) is 18.0. The summed E-state index contributed by atoms with van der Waals surface area (Å²) < 4.78 is 0. The fourth-order valence-corrected chi connectivity index (χ4v) is 3.38. The third-order valence-electron chi connectivity index (χ3n) is 4.99. The van der Waals surface area contributed by atoms with Crippen LogP contribution in [-0.4, -0.2) is 22.4 Å². The molecule has 0 atom stereocenters. The predicted molar refractivity (Wildman–Crippen MR) is 114 cm³/mol. The Bertz CT molecular complexity index is 1010. The third kappa shape index (κ3) is 3.67. The van der Waals surface area contributed by atoms with Gasteiger partial charge in [0.2, 0.25) is 0 Å². The summed E-state index contributed by atoms with van der Waals surface area (Å²) in [5.74, 6) is 0.361. The number of pyridine rings is 2. The number of nitrogens with one attached hydrogen (secondary N) is 3. The summed E-state index contributed by atoms with van der Waals surface area (Å²) in [5.41, 5.74) is 4.78. The molecule has 4 rings (SSSR count). The van der Waals surface area contributed by atoms with Gasteiger partial charge in [-0.1, -0.05) is 19.9 Å². The first-order valence-corrected chi connectivity index (χ1v) is 9.30. The highest BCUT2D eigenvalue weighted by atomic mass is 16.1. The molecule has 6 heteroatoms. The number of benzene rings is 1. The molecule has 1 amide bonds. The molecule has 0 saturated heterocycles. The SMILES string of the molecule is CC1(C)CNc2cc(NC(=O)c3cccnc3NCc3ccncc3)ccc21.[HH]. The number of anilines is 3. The monoisotopic (exact) mass is 375 g/mol. The largest absolute Gasteiger partial charge is 0.384 e. The van der Waals surface area contributed by atoms with Gasteiger partial charge in [0.1, 0.15) is 5.82 Å². The normalized spacial score (nSPS) is 14.1. The summed E-state index contributed by atoms with van der Waals surface area (Å²) >= 11 is 0. The Morgan fingerprint density at radius 2 is 2.00 bits per heavy atom. The first-order valence-electron chi connectivity index (χ1n) is 9.30. The van der Waals surface area contributed by atoms with Crippen molar-refractivity contribution in [3.8, 4) is 0 Å². The van der Waals surface area contributed by atoms with Crippen molar-refractivity contribution in [1.29, 1.82) is 0 Å². The summed E-state index contributed by atoms with van der Waals surface area (Å²) in [6.07, 6.45) is 5.16. The van der Waals surface area contributed by atoms with Crippen molar-refractivity contribution in [3.63, 3.8) is 0 Å². The number of rotatable bonds is 5. The van der Waals surface area contributed by atoms with Crippen LogP contribution in [0.3, 0.4) is 0 Å². The van der Waals surface area contributed by atoms with E-state index >= 15 is 0 Å². The minimum absolute atomic E-state index is 0. The van der Waals surface area contributed by atoms with Gasteiger partial charge >= 0.3 is 0 Å². The fraction of sp³-hybridized carbons (Fsp3) is 0.227. The van der Waals surface area contributed by atoms with Gasteiger partial charge in [-0.15, -0.1) is 0 Å². The van der Waals surface area contributed by atoms with Crippen LogP contribution in [0.25, 0.3) is 0 Å². The van der Waals surface area contributed by atoms with E-state index in [9.17, 15) is 4.79 Å². The van der Waals surface area contributed by atoms with Gasteiger partial charge < -0.3 is 16.0 Å². The smallest absolute Gasteiger partial charge is 0.259 e. The van der Waals surface area contributed by atoms with E-state index in [0.29, 0.717) is 17.9 Å². The molecule has 0 unspecified atom stereocenters. The number of carbonyl (C=O) groups excluding carboxylic acids is 1. The van der Waals surface area contributed by atoms with Crippen LogP contribution < -0.4 is 16.0 Å². The van der Waals surface area contributed by atoms with Crippen LogP contribution in [0.5, 0.6) is 0 Å². The lowest BCUT2D eigenvalue weighted by Crippen LogP contribution is -2.18. The van der Waals surface area contributed by atoms with E-state index in [0.717, 1.165) is 23.5 Å². The zero-order valence-corrected chi connectivity index (χ0v) is 16.0. The standard InChI is InChI=1S/C22H23N5O.H2/c1-22(2)14-26-19-12-16(5-6-18(19)22)27-21(28)17-4-3-9-24-20(17)25-13-15-7-10-23-11-8-15;/h3-12,26H,13-14H2,1-2H3,(H,24,25)(H,27,28);1H. The maximum absolute atomic E-state index is 12.9. The lowest BCUT2D eigenvalue weighted by molar-refractivity contribution is 0.102. The summed E-state index contributed by atoms with van der Waals surface area (Å²) in [5, 5.41) is 9.63. The molecule has 2 aromatic heterocycles. The molecule has 0 aliphatic carbocycles. The Balaban J connectivity index is 0.00000240. The molecule has 1 aliphatic rings. The van der Waals surface area contributed by atoms with Crippen molar-refractivity contribution >= 4 is 23.1 Å². The molecule has 3 heterocycles. The highest BCUT2D eigenvalue weighted by Gasteiger charge is 2.29. The molecule has 1 aromatic carbocycles. The molecule has 0 spiro atoms. The molecule has 28 heavy (non-hydrogen) atoms. The molecule has 6 nitrogen and oxygen atoms in total. The van der Waals surface area contributed by atoms with Gasteiger partial charge in [0.05, 0.1) is 5.56 Å². The van der Waals surface area contributed by atoms with E-state index in [-0.39, 0.29) is 12.7 Å². The summed E-state index contributed by atoms with van der Waals surface area (Å²) in [6, 6.07) is 13.4. The molecular weight excluding hydrogens is 350 g/mol. The van der Waals surface area contributed by atoms with E-state index in [1.807, 2.05) is 24.3 Å². The number of hydrogen-bond acceptors (Lipinski definition) is 5. The van der Waals surface area contributed by atoms with Gasteiger partial charge in [-0.05, 0) is 47.5 Å². The summed E-state index contributed by atoms with van der Waals surface area (Å²) in [7, 11) is 0. The molecule has 0 fully saturated rings. The van der Waals surface area contributed by atoms with Crippen LogP contribution in [-0.2, 0) is 12.0 Å². The average Bonchev–Trinajstić information content (AvgIpc) is 3.01. The van der Waals surface area contributed by atoms with E-state index in [1.54, 1.807) is 30.7 Å². The van der Waals surface area contributed by atoms with Gasteiger partial charge in [-0.25, -0.2) is 4.98 Å². The number of fused-ring (bicyclic) bond motifs is 1. The fourth-order valence-electron chi connectivity index (χ4n) is 3.38. The van der Waals surface area contributed by atoms with E-state index < -0.39 is 0 Å². The number of hydrogen-bond donors (Lipinski definition) is 3. The van der Waals surface area contributed by atoms with Crippen molar-refractivity contribution in [2.75, 3.05) is 22.5 Å². The van der Waals surface area contributed by atoms with Crippen molar-refractivity contribution in [2.45, 2.75) is 25.8 Å². The maximum Gasteiger partial charge on any atom is 0.259 e. The van der Waals surface area contributed by atoms with Crippen LogP contribution in [0.4, 0.5) is 17.2 Å². The number of amides is 1. The van der Waals surface area contributed by atoms with Gasteiger partial charge in [0, 0.05) is 49.9 Å². The van der Waals surface area contributed by atoms with E-state index in [1.165, 1.54) is 5.56 Å². The molecule has 3 N–H and O–H groups in total. The zero-order valence-electron chi connectivity index (χ0n) is 16.0. The highest BCUT2D eigenvalue weighted by molar-refractivity contribution is 6.07. The van der Waals surface area contributed by atoms with Crippen molar-refractivity contribution in [3.05, 3.63) is 77.7 Å². The Labute approximate surface area is 165 Å². The molecule has 144 valence electrons. The second-order valence-electron chi connectivity index (χ2n) is 7.56. The van der Waals surface area contributed by atoms with Crippen molar-refractivity contribution < 1.29 is 6.22 Å². The Kier molecular flexibility index (Phi) is 4.69. The van der Waals surface area contributed by atoms with Gasteiger partial charge in [0.25, 0.3) is 5.91 Å². The second kappa shape index (κ2) is 7.31. The van der Waals surface area contributed by atoms with Gasteiger partial charge in [-0.2, -0.15) is 0 Å². The first-order chi connectivity index (χ1) is 13.5. The van der Waals surface area contributed by atoms with Crippen LogP contribution >= 0.6 is 0 Å². The molecule has 1 aliphatic heterocycles. The van der Waals surface area contributed by atoms with Crippen LogP contribution in [0.1, 0.15) is 36.8 Å². The number of nitrogens with zero attached hydrogens (tertiary/aromatic N) is 2. The van der Waals surface area contributed by atoms with Gasteiger partial charge in [0.15, 0.2) is 0 Å². The molecule has 0 radical (unpaired) electrons. The van der Waals surface area contributed by atoms with Crippen LogP contribution in [0.2, 0.25) is 0 Å². The van der Waals surface area contributed by atoms with E-state index in [2.05, 4.69) is 45.8 Å². The second-order valence-corrected chi connectivity index (χ2v) is 7.56. The molecule has 3 aromatic rings. The predicted octanol–water partition coefficient (Wildman–Crippen LogP) is 4.29. The quantitative estimate of drug-likeness (QED) is 0.620. The minimum Gasteiger partial charge on any atom is -0.384 e. The van der Waals surface area contributed by atoms with Crippen LogP contribution in [0, 0.1) is 0 Å². The number of carbonyl (C=O) groups is 1. The topological polar surface area (TPSA) is 78.9 Å². The van der Waals surface area contributed by atoms with Gasteiger partial charge in [-0.3, -0.25) is 9.78 Å². The maximum atomic E-state index is 12.9. The Hall–Kier alpha value is -3.41. The minimum atomic E-state index is -0.192. The van der Waals surface area contributed by atoms with Crippen LogP contribution in [0.15, 0.2) is 61.1 Å². The zero-order chi connectivity index (χ0) is 19.6. The van der Waals surface area contributed by atoms with Crippen molar-refractivity contribution in [1.82, 2.24) is 9.97 Å². The average molecular weight is 375 g/mol. The Morgan fingerprint density at radius 3 is 2.82 bits per heavy atom.